The third kappa shape index (κ3) is 2.96. The highest BCUT2D eigenvalue weighted by Gasteiger charge is 2.40. The minimum atomic E-state index is -0.230. The van der Waals surface area contributed by atoms with Crippen molar-refractivity contribution >= 4 is 56.5 Å². The van der Waals surface area contributed by atoms with Gasteiger partial charge in [-0.25, -0.2) is 4.98 Å². The molecular formula is C22H16N4O2S2. The number of para-hydroxylation sites is 1. The van der Waals surface area contributed by atoms with Gasteiger partial charge in [0.25, 0.3) is 11.8 Å². The number of carbonyl (C=O) groups excluding carboxylic acids is 2. The van der Waals surface area contributed by atoms with Gasteiger partial charge in [-0.05, 0) is 17.8 Å². The molecule has 1 saturated heterocycles. The largest absolute Gasteiger partial charge is 0.311 e. The Morgan fingerprint density at radius 2 is 1.63 bits per heavy atom. The highest BCUT2D eigenvalue weighted by atomic mass is 32.2. The number of aromatic nitrogens is 1. The predicted octanol–water partition coefficient (Wildman–Crippen LogP) is 4.39. The number of anilines is 1. The normalized spacial score (nSPS) is 19.9. The molecule has 0 saturated carbocycles. The third-order valence-corrected chi connectivity index (χ3v) is 6.88. The number of carbonyl (C=O) groups is 2. The monoisotopic (exact) mass is 432 g/mol. The summed E-state index contributed by atoms with van der Waals surface area (Å²) in [6.45, 7) is 0. The van der Waals surface area contributed by atoms with E-state index in [0.717, 1.165) is 22.5 Å². The Labute approximate surface area is 181 Å². The van der Waals surface area contributed by atoms with E-state index in [0.29, 0.717) is 20.8 Å². The Morgan fingerprint density at radius 3 is 2.43 bits per heavy atom. The number of amides is 2. The Hall–Kier alpha value is -3.23. The number of fused-ring (bicyclic) bond motifs is 1. The van der Waals surface area contributed by atoms with Crippen LogP contribution in [0.1, 0.15) is 5.56 Å². The Kier molecular flexibility index (Phi) is 4.52. The van der Waals surface area contributed by atoms with Gasteiger partial charge in [-0.15, -0.1) is 11.3 Å². The number of nitrogens with zero attached hydrogens (tertiary/aromatic N) is 4. The SMILES string of the molecule is CN1C(=O)/C(=C2/C(=O)N(C)c3ccccc32)S/C1=N/c1nc(-c2ccccc2)cs1. The van der Waals surface area contributed by atoms with E-state index in [-0.39, 0.29) is 11.8 Å². The fourth-order valence-electron chi connectivity index (χ4n) is 3.43. The molecule has 1 fully saturated rings. The first-order chi connectivity index (χ1) is 14.5. The molecule has 2 aliphatic rings. The molecule has 1 aromatic heterocycles. The van der Waals surface area contributed by atoms with Crippen molar-refractivity contribution < 1.29 is 9.59 Å². The number of aliphatic imine (C=N–C) groups is 1. The molecule has 5 rings (SSSR count). The summed E-state index contributed by atoms with van der Waals surface area (Å²) in [5, 5.41) is 3.02. The van der Waals surface area contributed by atoms with Gasteiger partial charge in [0.15, 0.2) is 5.17 Å². The molecule has 2 aliphatic heterocycles. The minimum absolute atomic E-state index is 0.178. The van der Waals surface area contributed by atoms with Crippen molar-refractivity contribution in [2.45, 2.75) is 0 Å². The first kappa shape index (κ1) is 18.8. The number of benzene rings is 2. The second-order valence-electron chi connectivity index (χ2n) is 6.83. The molecule has 0 unspecified atom stereocenters. The van der Waals surface area contributed by atoms with Gasteiger partial charge in [-0.1, -0.05) is 48.5 Å². The number of amidine groups is 1. The summed E-state index contributed by atoms with van der Waals surface area (Å²) in [5.74, 6) is -0.408. The number of rotatable bonds is 2. The molecule has 6 nitrogen and oxygen atoms in total. The summed E-state index contributed by atoms with van der Waals surface area (Å²) in [5.41, 5.74) is 3.87. The molecule has 2 aromatic carbocycles. The molecule has 3 aromatic rings. The maximum atomic E-state index is 13.0. The summed E-state index contributed by atoms with van der Waals surface area (Å²) in [6.07, 6.45) is 0. The number of likely N-dealkylation sites (N-methyl/N-ethyl adjacent to an activating group) is 2. The lowest BCUT2D eigenvalue weighted by molar-refractivity contribution is -0.121. The zero-order valence-electron chi connectivity index (χ0n) is 16.2. The zero-order valence-corrected chi connectivity index (χ0v) is 17.8. The van der Waals surface area contributed by atoms with Crippen LogP contribution in [-0.2, 0) is 9.59 Å². The maximum Gasteiger partial charge on any atom is 0.267 e. The van der Waals surface area contributed by atoms with E-state index in [9.17, 15) is 9.59 Å². The number of hydrogen-bond donors (Lipinski definition) is 0. The Bertz CT molecular complexity index is 1250. The molecular weight excluding hydrogens is 416 g/mol. The molecule has 0 aliphatic carbocycles. The van der Waals surface area contributed by atoms with Crippen LogP contribution >= 0.6 is 23.1 Å². The fraction of sp³-hybridized carbons (Fsp3) is 0.0909. The molecule has 30 heavy (non-hydrogen) atoms. The second kappa shape index (κ2) is 7.23. The predicted molar refractivity (Wildman–Crippen MR) is 122 cm³/mol. The van der Waals surface area contributed by atoms with E-state index in [1.807, 2.05) is 60.0 Å². The summed E-state index contributed by atoms with van der Waals surface area (Å²) in [7, 11) is 3.39. The molecule has 0 spiro atoms. The first-order valence-corrected chi connectivity index (χ1v) is 10.9. The van der Waals surface area contributed by atoms with Crippen LogP contribution in [0.25, 0.3) is 16.8 Å². The summed E-state index contributed by atoms with van der Waals surface area (Å²) in [6, 6.07) is 17.4. The Morgan fingerprint density at radius 1 is 0.900 bits per heavy atom. The van der Waals surface area contributed by atoms with Crippen LogP contribution < -0.4 is 4.90 Å². The minimum Gasteiger partial charge on any atom is -0.311 e. The quantitative estimate of drug-likeness (QED) is 0.564. The van der Waals surface area contributed by atoms with Crippen molar-refractivity contribution in [3.63, 3.8) is 0 Å². The highest BCUT2D eigenvalue weighted by molar-refractivity contribution is 8.18. The molecule has 0 N–H and O–H groups in total. The van der Waals surface area contributed by atoms with Gasteiger partial charge in [0.1, 0.15) is 0 Å². The highest BCUT2D eigenvalue weighted by Crippen LogP contribution is 2.44. The summed E-state index contributed by atoms with van der Waals surface area (Å²) >= 11 is 2.63. The van der Waals surface area contributed by atoms with Gasteiger partial charge in [0.05, 0.1) is 21.9 Å². The molecule has 2 amide bonds. The van der Waals surface area contributed by atoms with Crippen molar-refractivity contribution in [3.05, 3.63) is 70.4 Å². The van der Waals surface area contributed by atoms with Gasteiger partial charge < -0.3 is 4.90 Å². The third-order valence-electron chi connectivity index (χ3n) is 5.01. The standard InChI is InChI=1S/C22H16N4O2S2/c1-25-16-11-7-6-10-14(16)17(19(25)27)18-20(28)26(2)22(30-18)24-21-23-15(12-29-21)13-8-4-3-5-9-13/h3-12H,1-2H3/b18-17-,24-22+. The number of thiazole rings is 1. The van der Waals surface area contributed by atoms with Crippen LogP contribution in [-0.4, -0.2) is 41.0 Å². The van der Waals surface area contributed by atoms with Crippen LogP contribution in [0.5, 0.6) is 0 Å². The summed E-state index contributed by atoms with van der Waals surface area (Å²) < 4.78 is 0. The van der Waals surface area contributed by atoms with E-state index < -0.39 is 0 Å². The lowest BCUT2D eigenvalue weighted by atomic mass is 10.1. The van der Waals surface area contributed by atoms with E-state index in [1.54, 1.807) is 19.0 Å². The molecule has 0 bridgehead atoms. The smallest absolute Gasteiger partial charge is 0.267 e. The van der Waals surface area contributed by atoms with E-state index in [1.165, 1.54) is 28.0 Å². The molecule has 148 valence electrons. The molecule has 0 atom stereocenters. The average Bonchev–Trinajstić information content (AvgIpc) is 3.42. The lowest BCUT2D eigenvalue weighted by Crippen LogP contribution is -2.25. The number of hydrogen-bond acceptors (Lipinski definition) is 6. The van der Waals surface area contributed by atoms with Gasteiger partial charge in [0.2, 0.25) is 5.13 Å². The van der Waals surface area contributed by atoms with E-state index in [4.69, 9.17) is 0 Å². The Balaban J connectivity index is 1.52. The van der Waals surface area contributed by atoms with Crippen molar-refractivity contribution in [1.29, 1.82) is 0 Å². The van der Waals surface area contributed by atoms with Gasteiger partial charge in [-0.3, -0.25) is 14.5 Å². The van der Waals surface area contributed by atoms with Crippen molar-refractivity contribution in [2.75, 3.05) is 19.0 Å². The van der Waals surface area contributed by atoms with Gasteiger partial charge >= 0.3 is 0 Å². The zero-order chi connectivity index (χ0) is 20.8. The van der Waals surface area contributed by atoms with Gasteiger partial charge in [-0.2, -0.15) is 4.99 Å². The maximum absolute atomic E-state index is 13.0. The molecule has 8 heteroatoms. The second-order valence-corrected chi connectivity index (χ2v) is 8.64. The van der Waals surface area contributed by atoms with E-state index >= 15 is 0 Å². The first-order valence-electron chi connectivity index (χ1n) is 9.22. The van der Waals surface area contributed by atoms with Crippen LogP contribution in [0.15, 0.2) is 69.9 Å². The van der Waals surface area contributed by atoms with Gasteiger partial charge in [0, 0.05) is 30.6 Å². The van der Waals surface area contributed by atoms with Crippen molar-refractivity contribution in [1.82, 2.24) is 9.88 Å². The van der Waals surface area contributed by atoms with Crippen LogP contribution in [0, 0.1) is 0 Å². The average molecular weight is 433 g/mol. The van der Waals surface area contributed by atoms with E-state index in [2.05, 4.69) is 9.98 Å². The van der Waals surface area contributed by atoms with Crippen molar-refractivity contribution in [2.24, 2.45) is 4.99 Å². The fourth-order valence-corrected chi connectivity index (χ4v) is 5.24. The van der Waals surface area contributed by atoms with Crippen LogP contribution in [0.2, 0.25) is 0 Å². The molecule has 0 radical (unpaired) electrons. The van der Waals surface area contributed by atoms with Crippen LogP contribution in [0.3, 0.4) is 0 Å². The molecule has 3 heterocycles. The van der Waals surface area contributed by atoms with Crippen molar-refractivity contribution in [3.8, 4) is 11.3 Å². The van der Waals surface area contributed by atoms with Crippen LogP contribution in [0.4, 0.5) is 10.8 Å². The number of thioether (sulfide) groups is 1. The lowest BCUT2D eigenvalue weighted by Gasteiger charge is -2.08. The topological polar surface area (TPSA) is 65.9 Å². The summed E-state index contributed by atoms with van der Waals surface area (Å²) in [4.78, 5) is 38.4.